The second-order valence-corrected chi connectivity index (χ2v) is 7.26. The number of piperidine rings is 1. The summed E-state index contributed by atoms with van der Waals surface area (Å²) >= 11 is 5.78. The summed E-state index contributed by atoms with van der Waals surface area (Å²) in [5.41, 5.74) is 5.67. The number of halogens is 2. The van der Waals surface area contributed by atoms with Crippen LogP contribution < -0.4 is 5.73 Å². The third-order valence-corrected chi connectivity index (χ3v) is 5.90. The fourth-order valence-corrected chi connectivity index (χ4v) is 4.53. The van der Waals surface area contributed by atoms with Crippen molar-refractivity contribution < 1.29 is 17.5 Å². The van der Waals surface area contributed by atoms with Crippen LogP contribution in [0.4, 0.5) is 4.39 Å². The number of nitrogens with zero attached hydrogens (tertiary/aromatic N) is 1. The summed E-state index contributed by atoms with van der Waals surface area (Å²) in [5, 5.41) is 0.172. The highest BCUT2D eigenvalue weighted by molar-refractivity contribution is 7.89. The fourth-order valence-electron chi connectivity index (χ4n) is 2.54. The van der Waals surface area contributed by atoms with Gasteiger partial charge in [0.25, 0.3) is 0 Å². The Kier molecular flexibility index (Phi) is 5.21. The molecule has 1 saturated heterocycles. The molecule has 1 aromatic carbocycles. The van der Waals surface area contributed by atoms with E-state index in [1.807, 2.05) is 0 Å². The third kappa shape index (κ3) is 3.37. The van der Waals surface area contributed by atoms with Gasteiger partial charge in [0.15, 0.2) is 0 Å². The smallest absolute Gasteiger partial charge is 0.246 e. The minimum Gasteiger partial charge on any atom is -0.381 e. The molecule has 0 aliphatic carbocycles. The van der Waals surface area contributed by atoms with E-state index in [-0.39, 0.29) is 24.2 Å². The van der Waals surface area contributed by atoms with Crippen molar-refractivity contribution >= 4 is 21.6 Å². The molecular formula is C13H18ClFN2O3S. The highest BCUT2D eigenvalue weighted by Gasteiger charge is 2.37. The van der Waals surface area contributed by atoms with E-state index >= 15 is 0 Å². The van der Waals surface area contributed by atoms with Crippen LogP contribution in [0.2, 0.25) is 5.02 Å². The zero-order valence-corrected chi connectivity index (χ0v) is 13.2. The van der Waals surface area contributed by atoms with Gasteiger partial charge in [0.1, 0.15) is 10.7 Å². The molecule has 21 heavy (non-hydrogen) atoms. The predicted octanol–water partition coefficient (Wildman–Crippen LogP) is 1.61. The Morgan fingerprint density at radius 3 is 2.86 bits per heavy atom. The standard InChI is InChI=1S/C13H18ClFN2O3S/c1-20-11-4-5-17(10(7-11)8-16)21(18,19)13-6-9(14)2-3-12(13)15/h2-3,6,10-11H,4-5,7-8,16H2,1H3. The number of ether oxygens (including phenoxy) is 1. The summed E-state index contributed by atoms with van der Waals surface area (Å²) in [5.74, 6) is -0.816. The summed E-state index contributed by atoms with van der Waals surface area (Å²) in [7, 11) is -2.39. The van der Waals surface area contributed by atoms with Crippen LogP contribution in [-0.2, 0) is 14.8 Å². The summed E-state index contributed by atoms with van der Waals surface area (Å²) < 4.78 is 45.7. The molecule has 0 aromatic heterocycles. The summed E-state index contributed by atoms with van der Waals surface area (Å²) in [6.45, 7) is 0.399. The van der Waals surface area contributed by atoms with Crippen molar-refractivity contribution in [1.29, 1.82) is 0 Å². The zero-order chi connectivity index (χ0) is 15.6. The van der Waals surface area contributed by atoms with Gasteiger partial charge in [0.05, 0.1) is 6.10 Å². The van der Waals surface area contributed by atoms with E-state index in [0.717, 1.165) is 12.1 Å². The van der Waals surface area contributed by atoms with Crippen molar-refractivity contribution in [3.8, 4) is 0 Å². The average Bonchev–Trinajstić information content (AvgIpc) is 2.48. The molecule has 1 heterocycles. The van der Waals surface area contributed by atoms with Crippen molar-refractivity contribution in [3.05, 3.63) is 29.0 Å². The SMILES string of the molecule is COC1CCN(S(=O)(=O)c2cc(Cl)ccc2F)C(CN)C1. The van der Waals surface area contributed by atoms with Gasteiger partial charge in [-0.15, -0.1) is 0 Å². The molecule has 2 unspecified atom stereocenters. The molecule has 118 valence electrons. The molecule has 0 radical (unpaired) electrons. The molecule has 5 nitrogen and oxygen atoms in total. The monoisotopic (exact) mass is 336 g/mol. The van der Waals surface area contributed by atoms with Crippen LogP contribution in [-0.4, -0.2) is 45.1 Å². The number of nitrogens with two attached hydrogens (primary N) is 1. The lowest BCUT2D eigenvalue weighted by atomic mass is 10.0. The van der Waals surface area contributed by atoms with Crippen LogP contribution >= 0.6 is 11.6 Å². The van der Waals surface area contributed by atoms with Gasteiger partial charge < -0.3 is 10.5 Å². The molecule has 1 fully saturated rings. The van der Waals surface area contributed by atoms with Gasteiger partial charge in [-0.25, -0.2) is 12.8 Å². The van der Waals surface area contributed by atoms with Gasteiger partial charge in [0, 0.05) is 31.3 Å². The van der Waals surface area contributed by atoms with Crippen molar-refractivity contribution in [1.82, 2.24) is 4.31 Å². The Morgan fingerprint density at radius 2 is 2.24 bits per heavy atom. The Balaban J connectivity index is 2.36. The Bertz CT molecular complexity index is 611. The molecule has 0 saturated carbocycles. The van der Waals surface area contributed by atoms with Crippen LogP contribution in [0.1, 0.15) is 12.8 Å². The topological polar surface area (TPSA) is 72.6 Å². The second-order valence-electron chi connectivity index (χ2n) is 4.96. The largest absolute Gasteiger partial charge is 0.381 e. The maximum absolute atomic E-state index is 13.9. The molecule has 2 N–H and O–H groups in total. The van der Waals surface area contributed by atoms with Crippen LogP contribution in [0.5, 0.6) is 0 Å². The van der Waals surface area contributed by atoms with Gasteiger partial charge >= 0.3 is 0 Å². The maximum atomic E-state index is 13.9. The fraction of sp³-hybridized carbons (Fsp3) is 0.538. The normalized spacial score (nSPS) is 24.2. The van der Waals surface area contributed by atoms with E-state index in [9.17, 15) is 12.8 Å². The highest BCUT2D eigenvalue weighted by Crippen LogP contribution is 2.29. The summed E-state index contributed by atoms with van der Waals surface area (Å²) in [6.07, 6.45) is 1.01. The van der Waals surface area contributed by atoms with Gasteiger partial charge in [-0.05, 0) is 31.0 Å². The van der Waals surface area contributed by atoms with E-state index in [1.54, 1.807) is 7.11 Å². The Labute approximate surface area is 128 Å². The summed E-state index contributed by atoms with van der Waals surface area (Å²) in [4.78, 5) is -0.413. The molecule has 0 bridgehead atoms. The molecule has 1 aliphatic rings. The predicted molar refractivity (Wildman–Crippen MR) is 78.2 cm³/mol. The number of benzene rings is 1. The first-order valence-corrected chi connectivity index (χ1v) is 8.41. The first-order valence-electron chi connectivity index (χ1n) is 6.60. The summed E-state index contributed by atoms with van der Waals surface area (Å²) in [6, 6.07) is 3.08. The lowest BCUT2D eigenvalue weighted by molar-refractivity contribution is 0.0401. The Hall–Kier alpha value is -0.730. The van der Waals surface area contributed by atoms with Crippen LogP contribution in [0.3, 0.4) is 0 Å². The number of sulfonamides is 1. The quantitative estimate of drug-likeness (QED) is 0.906. The van der Waals surface area contributed by atoms with E-state index in [1.165, 1.54) is 10.4 Å². The molecule has 0 spiro atoms. The van der Waals surface area contributed by atoms with Gasteiger partial charge in [-0.2, -0.15) is 4.31 Å². The van der Waals surface area contributed by atoms with Gasteiger partial charge in [-0.3, -0.25) is 0 Å². The maximum Gasteiger partial charge on any atom is 0.246 e. The molecular weight excluding hydrogens is 319 g/mol. The van der Waals surface area contributed by atoms with E-state index in [2.05, 4.69) is 0 Å². The number of methoxy groups -OCH3 is 1. The first-order chi connectivity index (χ1) is 9.90. The van der Waals surface area contributed by atoms with Crippen molar-refractivity contribution in [2.75, 3.05) is 20.2 Å². The van der Waals surface area contributed by atoms with Crippen molar-refractivity contribution in [2.45, 2.75) is 29.9 Å². The average molecular weight is 337 g/mol. The first kappa shape index (κ1) is 16.6. The molecule has 2 rings (SSSR count). The number of hydrogen-bond donors (Lipinski definition) is 1. The minimum absolute atomic E-state index is 0.0331. The highest BCUT2D eigenvalue weighted by atomic mass is 35.5. The molecule has 0 amide bonds. The zero-order valence-electron chi connectivity index (χ0n) is 11.6. The van der Waals surface area contributed by atoms with Crippen LogP contribution in [0, 0.1) is 5.82 Å². The van der Waals surface area contributed by atoms with Gasteiger partial charge in [0.2, 0.25) is 10.0 Å². The number of hydrogen-bond acceptors (Lipinski definition) is 4. The third-order valence-electron chi connectivity index (χ3n) is 3.70. The molecule has 1 aromatic rings. The lowest BCUT2D eigenvalue weighted by Crippen LogP contribution is -2.51. The van der Waals surface area contributed by atoms with E-state index in [0.29, 0.717) is 12.8 Å². The molecule has 2 atom stereocenters. The number of rotatable bonds is 4. The molecule has 1 aliphatic heterocycles. The molecule has 8 heteroatoms. The van der Waals surface area contributed by atoms with E-state index in [4.69, 9.17) is 22.1 Å². The van der Waals surface area contributed by atoms with Crippen molar-refractivity contribution in [3.63, 3.8) is 0 Å². The minimum atomic E-state index is -3.97. The van der Waals surface area contributed by atoms with E-state index < -0.39 is 26.8 Å². The second kappa shape index (κ2) is 6.58. The lowest BCUT2D eigenvalue weighted by Gasteiger charge is -2.37. The van der Waals surface area contributed by atoms with Crippen LogP contribution in [0.15, 0.2) is 23.1 Å². The van der Waals surface area contributed by atoms with Crippen LogP contribution in [0.25, 0.3) is 0 Å². The van der Waals surface area contributed by atoms with Gasteiger partial charge in [-0.1, -0.05) is 11.6 Å². The van der Waals surface area contributed by atoms with Crippen molar-refractivity contribution in [2.24, 2.45) is 5.73 Å². The Morgan fingerprint density at radius 1 is 1.52 bits per heavy atom.